The maximum absolute atomic E-state index is 5.42. The van der Waals surface area contributed by atoms with E-state index in [0.29, 0.717) is 12.5 Å². The Hall–Kier alpha value is -1.56. The highest BCUT2D eigenvalue weighted by atomic mass is 16.5. The molecule has 0 saturated carbocycles. The number of nitrogens with zero attached hydrogens (tertiary/aromatic N) is 3. The van der Waals surface area contributed by atoms with Crippen molar-refractivity contribution in [3.8, 4) is 0 Å². The zero-order valence-corrected chi connectivity index (χ0v) is 15.4. The fraction of sp³-hybridized carbons (Fsp3) is 0.765. The molecule has 6 nitrogen and oxygen atoms in total. The molecule has 0 atom stereocenters. The van der Waals surface area contributed by atoms with Gasteiger partial charge >= 0.3 is 0 Å². The van der Waals surface area contributed by atoms with Gasteiger partial charge in [0.25, 0.3) is 0 Å². The van der Waals surface area contributed by atoms with Crippen LogP contribution < -0.4 is 10.6 Å². The molecular formula is C17H33N5O. The summed E-state index contributed by atoms with van der Waals surface area (Å²) in [6.45, 7) is 9.75. The van der Waals surface area contributed by atoms with E-state index in [4.69, 9.17) is 4.52 Å². The molecule has 0 spiro atoms. The molecule has 2 N–H and O–H groups in total. The molecule has 0 bridgehead atoms. The van der Waals surface area contributed by atoms with Crippen LogP contribution in [0.15, 0.2) is 15.6 Å². The van der Waals surface area contributed by atoms with Crippen LogP contribution >= 0.6 is 0 Å². The number of aliphatic imine (C=N–C) groups is 1. The summed E-state index contributed by atoms with van der Waals surface area (Å²) in [5.41, 5.74) is 1.05. The first-order valence-electron chi connectivity index (χ1n) is 8.73. The van der Waals surface area contributed by atoms with Crippen molar-refractivity contribution < 1.29 is 4.52 Å². The van der Waals surface area contributed by atoms with Gasteiger partial charge in [-0.1, -0.05) is 19.0 Å². The first-order valence-corrected chi connectivity index (χ1v) is 8.73. The molecule has 132 valence electrons. The van der Waals surface area contributed by atoms with E-state index in [-0.39, 0.29) is 0 Å². The fourth-order valence-corrected chi connectivity index (χ4v) is 2.40. The molecule has 0 saturated heterocycles. The molecule has 1 heterocycles. The van der Waals surface area contributed by atoms with Gasteiger partial charge in [-0.2, -0.15) is 0 Å². The highest BCUT2D eigenvalue weighted by molar-refractivity contribution is 5.79. The minimum atomic E-state index is 0.480. The van der Waals surface area contributed by atoms with Crippen LogP contribution in [0.5, 0.6) is 0 Å². The second-order valence-electron chi connectivity index (χ2n) is 6.01. The van der Waals surface area contributed by atoms with Crippen LogP contribution in [0.25, 0.3) is 0 Å². The molecule has 0 radical (unpaired) electrons. The Kier molecular flexibility index (Phi) is 9.36. The minimum Gasteiger partial charge on any atom is -0.359 e. The van der Waals surface area contributed by atoms with Gasteiger partial charge in [0.05, 0.1) is 5.69 Å². The van der Waals surface area contributed by atoms with Crippen LogP contribution in [-0.2, 0) is 6.54 Å². The number of hydrogen-bond acceptors (Lipinski definition) is 4. The van der Waals surface area contributed by atoms with Gasteiger partial charge in [0, 0.05) is 25.1 Å². The van der Waals surface area contributed by atoms with E-state index in [1.54, 1.807) is 0 Å². The predicted octanol–water partition coefficient (Wildman–Crippen LogP) is 2.59. The summed E-state index contributed by atoms with van der Waals surface area (Å²) in [4.78, 5) is 6.75. The quantitative estimate of drug-likeness (QED) is 0.393. The summed E-state index contributed by atoms with van der Waals surface area (Å²) in [6.07, 6.45) is 3.25. The third-order valence-electron chi connectivity index (χ3n) is 3.79. The molecule has 23 heavy (non-hydrogen) atoms. The van der Waals surface area contributed by atoms with Gasteiger partial charge in [0.15, 0.2) is 11.7 Å². The van der Waals surface area contributed by atoms with Crippen LogP contribution in [-0.4, -0.2) is 49.7 Å². The summed E-state index contributed by atoms with van der Waals surface area (Å²) < 4.78 is 5.42. The summed E-state index contributed by atoms with van der Waals surface area (Å²) in [5, 5.41) is 10.8. The monoisotopic (exact) mass is 323 g/mol. The topological polar surface area (TPSA) is 65.7 Å². The Morgan fingerprint density at radius 3 is 2.61 bits per heavy atom. The van der Waals surface area contributed by atoms with Crippen molar-refractivity contribution in [3.05, 3.63) is 17.5 Å². The van der Waals surface area contributed by atoms with E-state index in [1.807, 2.05) is 6.07 Å². The van der Waals surface area contributed by atoms with Gasteiger partial charge in [-0.15, -0.1) is 0 Å². The normalized spacial score (nSPS) is 12.2. The summed E-state index contributed by atoms with van der Waals surface area (Å²) in [5.74, 6) is 2.12. The first kappa shape index (κ1) is 19.5. The van der Waals surface area contributed by atoms with Crippen molar-refractivity contribution in [2.45, 2.75) is 52.5 Å². The van der Waals surface area contributed by atoms with Crippen LogP contribution in [0.2, 0.25) is 0 Å². The number of nitrogens with one attached hydrogen (secondary N) is 2. The first-order chi connectivity index (χ1) is 11.1. The van der Waals surface area contributed by atoms with Gasteiger partial charge in [-0.3, -0.25) is 0 Å². The lowest BCUT2D eigenvalue weighted by Gasteiger charge is -2.12. The second-order valence-corrected chi connectivity index (χ2v) is 6.01. The van der Waals surface area contributed by atoms with E-state index < -0.39 is 0 Å². The maximum Gasteiger partial charge on any atom is 0.191 e. The van der Waals surface area contributed by atoms with E-state index in [1.165, 1.54) is 0 Å². The third kappa shape index (κ3) is 7.50. The molecule has 0 fully saturated rings. The van der Waals surface area contributed by atoms with Gasteiger partial charge in [0.1, 0.15) is 6.54 Å². The average molecular weight is 323 g/mol. The Morgan fingerprint density at radius 2 is 2.00 bits per heavy atom. The van der Waals surface area contributed by atoms with E-state index in [9.17, 15) is 0 Å². The van der Waals surface area contributed by atoms with Crippen molar-refractivity contribution in [1.82, 2.24) is 20.7 Å². The summed E-state index contributed by atoms with van der Waals surface area (Å²) >= 11 is 0. The standard InChI is InChI=1S/C17H33N5O/c1-6-14(7-2)16-12-15(23-21-16)13-20-17(18-8-3)19-10-9-11-22(4)5/h12,14H,6-11,13H2,1-5H3,(H2,18,19,20). The van der Waals surface area contributed by atoms with E-state index in [2.05, 4.69) is 60.5 Å². The van der Waals surface area contributed by atoms with Gasteiger partial charge in [0.2, 0.25) is 0 Å². The zero-order chi connectivity index (χ0) is 17.1. The lowest BCUT2D eigenvalue weighted by molar-refractivity contribution is 0.372. The third-order valence-corrected chi connectivity index (χ3v) is 3.79. The smallest absolute Gasteiger partial charge is 0.191 e. The van der Waals surface area contributed by atoms with E-state index >= 15 is 0 Å². The number of hydrogen-bond donors (Lipinski definition) is 2. The largest absolute Gasteiger partial charge is 0.359 e. The summed E-state index contributed by atoms with van der Waals surface area (Å²) in [6, 6.07) is 2.04. The molecular weight excluding hydrogens is 290 g/mol. The Balaban J connectivity index is 2.52. The van der Waals surface area contributed by atoms with Crippen LogP contribution in [0.1, 0.15) is 57.4 Å². The van der Waals surface area contributed by atoms with Crippen molar-refractivity contribution in [2.75, 3.05) is 33.7 Å². The average Bonchev–Trinajstić information content (AvgIpc) is 2.99. The number of rotatable bonds is 10. The zero-order valence-electron chi connectivity index (χ0n) is 15.4. The van der Waals surface area contributed by atoms with Crippen LogP contribution in [0, 0.1) is 0 Å². The maximum atomic E-state index is 5.42. The molecule has 0 amide bonds. The number of guanidine groups is 1. The van der Waals surface area contributed by atoms with Crippen molar-refractivity contribution >= 4 is 5.96 Å². The van der Waals surface area contributed by atoms with Crippen LogP contribution in [0.3, 0.4) is 0 Å². The number of aromatic nitrogens is 1. The molecule has 1 rings (SSSR count). The summed E-state index contributed by atoms with van der Waals surface area (Å²) in [7, 11) is 4.17. The molecule has 0 aliphatic carbocycles. The van der Waals surface area contributed by atoms with Gasteiger partial charge < -0.3 is 20.1 Å². The second kappa shape index (κ2) is 11.0. The van der Waals surface area contributed by atoms with Crippen LogP contribution in [0.4, 0.5) is 0 Å². The SMILES string of the molecule is CCNC(=NCc1cc(C(CC)CC)no1)NCCCN(C)C. The molecule has 6 heteroatoms. The van der Waals surface area contributed by atoms with E-state index in [0.717, 1.165) is 56.3 Å². The fourth-order valence-electron chi connectivity index (χ4n) is 2.40. The van der Waals surface area contributed by atoms with Crippen molar-refractivity contribution in [1.29, 1.82) is 0 Å². The minimum absolute atomic E-state index is 0.480. The molecule has 0 aliphatic rings. The van der Waals surface area contributed by atoms with Gasteiger partial charge in [-0.25, -0.2) is 4.99 Å². The Labute approximate surface area is 140 Å². The van der Waals surface area contributed by atoms with Crippen molar-refractivity contribution in [3.63, 3.8) is 0 Å². The predicted molar refractivity (Wildman–Crippen MR) is 95.8 cm³/mol. The Morgan fingerprint density at radius 1 is 1.26 bits per heavy atom. The lowest BCUT2D eigenvalue weighted by Crippen LogP contribution is -2.38. The highest BCUT2D eigenvalue weighted by Crippen LogP contribution is 2.22. The molecule has 1 aromatic heterocycles. The lowest BCUT2D eigenvalue weighted by atomic mass is 9.99. The molecule has 1 aromatic rings. The van der Waals surface area contributed by atoms with Gasteiger partial charge in [-0.05, 0) is 46.8 Å². The molecule has 0 aromatic carbocycles. The highest BCUT2D eigenvalue weighted by Gasteiger charge is 2.12. The van der Waals surface area contributed by atoms with Crippen molar-refractivity contribution in [2.24, 2.45) is 4.99 Å². The molecule has 0 unspecified atom stereocenters. The Bertz CT molecular complexity index is 452. The molecule has 0 aliphatic heterocycles.